The summed E-state index contributed by atoms with van der Waals surface area (Å²) < 4.78 is 11.0. The number of ether oxygens (including phenoxy) is 1. The van der Waals surface area contributed by atoms with Gasteiger partial charge in [0.05, 0.1) is 25.5 Å². The molecule has 3 rings (SSSR count). The van der Waals surface area contributed by atoms with E-state index in [9.17, 15) is 0 Å². The molecule has 0 spiro atoms. The number of rotatable bonds is 3. The van der Waals surface area contributed by atoms with Crippen LogP contribution in [-0.2, 0) is 29.7 Å². The summed E-state index contributed by atoms with van der Waals surface area (Å²) >= 11 is 0. The van der Waals surface area contributed by atoms with Gasteiger partial charge in [-0.15, -0.1) is 0 Å². The summed E-state index contributed by atoms with van der Waals surface area (Å²) in [5, 5.41) is 3.38. The molecule has 1 N–H and O–H groups in total. The number of nitrogens with one attached hydrogen (secondary N) is 1. The fraction of sp³-hybridized carbons (Fsp3) is 0.471. The summed E-state index contributed by atoms with van der Waals surface area (Å²) in [6.45, 7) is 8.54. The molecule has 21 heavy (non-hydrogen) atoms. The van der Waals surface area contributed by atoms with E-state index in [1.165, 1.54) is 11.1 Å². The van der Waals surface area contributed by atoms with Crippen LogP contribution >= 0.6 is 0 Å². The zero-order chi connectivity index (χ0) is 14.9. The van der Waals surface area contributed by atoms with E-state index in [1.54, 1.807) is 6.26 Å². The minimum atomic E-state index is 0.0214. The van der Waals surface area contributed by atoms with E-state index >= 15 is 0 Å². The summed E-state index contributed by atoms with van der Waals surface area (Å²) in [6.07, 6.45) is 2.74. The molecule has 1 aromatic carbocycles. The van der Waals surface area contributed by atoms with E-state index in [0.717, 1.165) is 36.9 Å². The lowest BCUT2D eigenvalue weighted by molar-refractivity contribution is 0.111. The molecule has 0 atom stereocenters. The Morgan fingerprint density at radius 2 is 2.10 bits per heavy atom. The third-order valence-electron chi connectivity index (χ3n) is 3.74. The minimum Gasteiger partial charge on any atom is -0.447 e. The highest BCUT2D eigenvalue weighted by Crippen LogP contribution is 2.23. The average molecular weight is 286 g/mol. The highest BCUT2D eigenvalue weighted by atomic mass is 16.5. The van der Waals surface area contributed by atoms with E-state index < -0.39 is 0 Å². The predicted octanol–water partition coefficient (Wildman–Crippen LogP) is 3.66. The third-order valence-corrected chi connectivity index (χ3v) is 3.74. The number of oxazole rings is 1. The van der Waals surface area contributed by atoms with Crippen LogP contribution < -0.4 is 5.32 Å². The highest BCUT2D eigenvalue weighted by molar-refractivity contribution is 5.49. The first-order valence-electron chi connectivity index (χ1n) is 7.41. The van der Waals surface area contributed by atoms with Gasteiger partial charge < -0.3 is 14.5 Å². The Bertz CT molecular complexity index is 626. The number of anilines is 1. The Kier molecular flexibility index (Phi) is 3.72. The van der Waals surface area contributed by atoms with Gasteiger partial charge in [-0.2, -0.15) is 0 Å². The molecular weight excluding hydrogens is 264 g/mol. The van der Waals surface area contributed by atoms with Crippen LogP contribution in [0.3, 0.4) is 0 Å². The van der Waals surface area contributed by atoms with E-state index in [-0.39, 0.29) is 5.41 Å². The van der Waals surface area contributed by atoms with Crippen LogP contribution in [-0.4, -0.2) is 11.6 Å². The zero-order valence-electron chi connectivity index (χ0n) is 12.9. The normalized spacial score (nSPS) is 14.8. The van der Waals surface area contributed by atoms with Gasteiger partial charge in [-0.3, -0.25) is 0 Å². The topological polar surface area (TPSA) is 47.3 Å². The molecule has 0 aliphatic carbocycles. The molecule has 2 aromatic rings. The summed E-state index contributed by atoms with van der Waals surface area (Å²) in [7, 11) is 0. The van der Waals surface area contributed by atoms with Gasteiger partial charge in [-0.25, -0.2) is 4.98 Å². The molecule has 0 bridgehead atoms. The third kappa shape index (κ3) is 3.27. The lowest BCUT2D eigenvalue weighted by atomic mass is 9.93. The van der Waals surface area contributed by atoms with Crippen molar-refractivity contribution < 1.29 is 9.15 Å². The van der Waals surface area contributed by atoms with E-state index in [1.807, 2.05) is 0 Å². The molecule has 4 heteroatoms. The molecule has 112 valence electrons. The number of benzene rings is 1. The summed E-state index contributed by atoms with van der Waals surface area (Å²) in [6, 6.07) is 6.42. The lowest BCUT2D eigenvalue weighted by Gasteiger charge is -2.17. The molecule has 1 aliphatic rings. The molecule has 0 saturated heterocycles. The number of hydrogen-bond acceptors (Lipinski definition) is 4. The Morgan fingerprint density at radius 3 is 2.86 bits per heavy atom. The Hall–Kier alpha value is -1.81. The van der Waals surface area contributed by atoms with Crippen molar-refractivity contribution >= 4 is 5.69 Å². The second-order valence-electron chi connectivity index (χ2n) is 6.52. The monoisotopic (exact) mass is 286 g/mol. The van der Waals surface area contributed by atoms with Gasteiger partial charge in [0, 0.05) is 11.1 Å². The molecule has 4 nitrogen and oxygen atoms in total. The van der Waals surface area contributed by atoms with Gasteiger partial charge in [-0.05, 0) is 29.7 Å². The molecule has 0 amide bonds. The first-order chi connectivity index (χ1) is 10.0. The molecule has 0 radical (unpaired) electrons. The van der Waals surface area contributed by atoms with Crippen LogP contribution in [0.5, 0.6) is 0 Å². The molecule has 0 fully saturated rings. The van der Waals surface area contributed by atoms with Gasteiger partial charge in [-0.1, -0.05) is 26.8 Å². The summed E-state index contributed by atoms with van der Waals surface area (Å²) in [4.78, 5) is 4.53. The van der Waals surface area contributed by atoms with Gasteiger partial charge in [0.25, 0.3) is 0 Å². The van der Waals surface area contributed by atoms with E-state index in [0.29, 0.717) is 6.54 Å². The molecule has 2 heterocycles. The number of fused-ring (bicyclic) bond motifs is 1. The van der Waals surface area contributed by atoms with Gasteiger partial charge in [0.15, 0.2) is 0 Å². The van der Waals surface area contributed by atoms with Crippen LogP contribution in [0.25, 0.3) is 0 Å². The fourth-order valence-corrected chi connectivity index (χ4v) is 2.39. The molecule has 1 aliphatic heterocycles. The molecule has 0 unspecified atom stereocenters. The number of aromatic nitrogens is 1. The van der Waals surface area contributed by atoms with Crippen LogP contribution in [0.4, 0.5) is 5.69 Å². The van der Waals surface area contributed by atoms with Crippen molar-refractivity contribution in [3.05, 3.63) is 47.2 Å². The Morgan fingerprint density at radius 1 is 1.24 bits per heavy atom. The smallest absolute Gasteiger partial charge is 0.213 e. The van der Waals surface area contributed by atoms with Gasteiger partial charge in [0.2, 0.25) is 5.89 Å². The van der Waals surface area contributed by atoms with Crippen LogP contribution in [0, 0.1) is 0 Å². The van der Waals surface area contributed by atoms with Crippen molar-refractivity contribution in [2.24, 2.45) is 0 Å². The first-order valence-corrected chi connectivity index (χ1v) is 7.41. The standard InChI is InChI=1S/C17H22N2O2/c1-17(2,3)15-11-21-16(19-15)9-18-14-5-4-13-10-20-7-6-12(13)8-14/h4-5,8,11,18H,6-7,9-10H2,1-3H3. The van der Waals surface area contributed by atoms with Gasteiger partial charge >= 0.3 is 0 Å². The Balaban J connectivity index is 1.66. The van der Waals surface area contributed by atoms with Crippen molar-refractivity contribution in [2.45, 2.75) is 45.8 Å². The van der Waals surface area contributed by atoms with Crippen LogP contribution in [0.15, 0.2) is 28.9 Å². The zero-order valence-corrected chi connectivity index (χ0v) is 12.9. The molecular formula is C17H22N2O2. The SMILES string of the molecule is CC(C)(C)c1coc(CNc2ccc3c(c2)CCOC3)n1. The largest absolute Gasteiger partial charge is 0.447 e. The molecule has 0 saturated carbocycles. The lowest BCUT2D eigenvalue weighted by Crippen LogP contribution is -2.12. The van der Waals surface area contributed by atoms with E-state index in [4.69, 9.17) is 9.15 Å². The molecule has 1 aromatic heterocycles. The predicted molar refractivity (Wildman–Crippen MR) is 82.3 cm³/mol. The first kappa shape index (κ1) is 14.1. The van der Waals surface area contributed by atoms with Crippen molar-refractivity contribution in [1.29, 1.82) is 0 Å². The number of nitrogens with zero attached hydrogens (tertiary/aromatic N) is 1. The second kappa shape index (κ2) is 5.53. The fourth-order valence-electron chi connectivity index (χ4n) is 2.39. The van der Waals surface area contributed by atoms with E-state index in [2.05, 4.69) is 49.3 Å². The Labute approximate surface area is 125 Å². The highest BCUT2D eigenvalue weighted by Gasteiger charge is 2.18. The number of hydrogen-bond donors (Lipinski definition) is 1. The minimum absolute atomic E-state index is 0.0214. The summed E-state index contributed by atoms with van der Waals surface area (Å²) in [5.41, 5.74) is 4.77. The van der Waals surface area contributed by atoms with Crippen molar-refractivity contribution in [2.75, 3.05) is 11.9 Å². The van der Waals surface area contributed by atoms with Crippen molar-refractivity contribution in [3.63, 3.8) is 0 Å². The maximum atomic E-state index is 5.53. The maximum Gasteiger partial charge on any atom is 0.213 e. The van der Waals surface area contributed by atoms with Crippen LogP contribution in [0.1, 0.15) is 43.5 Å². The van der Waals surface area contributed by atoms with Crippen molar-refractivity contribution in [3.8, 4) is 0 Å². The maximum absolute atomic E-state index is 5.53. The second-order valence-corrected chi connectivity index (χ2v) is 6.52. The van der Waals surface area contributed by atoms with Gasteiger partial charge in [0.1, 0.15) is 6.26 Å². The average Bonchev–Trinajstić information content (AvgIpc) is 2.94. The van der Waals surface area contributed by atoms with Crippen LogP contribution in [0.2, 0.25) is 0 Å². The quantitative estimate of drug-likeness (QED) is 0.935. The van der Waals surface area contributed by atoms with Crippen molar-refractivity contribution in [1.82, 2.24) is 4.98 Å². The summed E-state index contributed by atoms with van der Waals surface area (Å²) in [5.74, 6) is 0.723.